The van der Waals surface area contributed by atoms with Gasteiger partial charge in [-0.3, -0.25) is 0 Å². The number of nitrogens with zero attached hydrogens (tertiary/aromatic N) is 2. The molecule has 6 nitrogen and oxygen atoms in total. The minimum atomic E-state index is -1.39. The normalized spacial score (nSPS) is 10.7. The lowest BCUT2D eigenvalue weighted by molar-refractivity contribution is 0.144. The summed E-state index contributed by atoms with van der Waals surface area (Å²) in [5.74, 6) is 0.0376. The quantitative estimate of drug-likeness (QED) is 0.426. The Balaban J connectivity index is 2.04. The molecule has 7 heteroatoms. The summed E-state index contributed by atoms with van der Waals surface area (Å²) in [5.41, 5.74) is 1.76. The number of aromatic nitrogens is 3. The molecule has 3 aromatic rings. The Kier molecular flexibility index (Phi) is 2.79. The lowest BCUT2D eigenvalue weighted by atomic mass is 10.2. The molecule has 0 saturated carbocycles. The van der Waals surface area contributed by atoms with E-state index in [2.05, 4.69) is 19.7 Å². The van der Waals surface area contributed by atoms with Gasteiger partial charge in [0.1, 0.15) is 11.6 Å². The average Bonchev–Trinajstić information content (AvgIpc) is 2.81. The maximum absolute atomic E-state index is 13.1. The van der Waals surface area contributed by atoms with Crippen LogP contribution in [0.25, 0.3) is 22.4 Å². The van der Waals surface area contributed by atoms with Gasteiger partial charge in [-0.25, -0.2) is 14.8 Å². The molecule has 0 aliphatic rings. The number of nitrogens with one attached hydrogen (secondary N) is 1. The molecule has 0 amide bonds. The van der Waals surface area contributed by atoms with Gasteiger partial charge >= 0.3 is 6.16 Å². The van der Waals surface area contributed by atoms with E-state index in [1.165, 1.54) is 24.4 Å². The summed E-state index contributed by atoms with van der Waals surface area (Å²) in [7, 11) is 0. The van der Waals surface area contributed by atoms with Gasteiger partial charge in [0.25, 0.3) is 0 Å². The van der Waals surface area contributed by atoms with Crippen LogP contribution in [-0.4, -0.2) is 26.2 Å². The zero-order valence-electron chi connectivity index (χ0n) is 10.0. The van der Waals surface area contributed by atoms with Crippen molar-refractivity contribution in [1.82, 2.24) is 15.0 Å². The Morgan fingerprint density at radius 3 is 2.90 bits per heavy atom. The smallest absolute Gasteiger partial charge is 0.449 e. The lowest BCUT2D eigenvalue weighted by Gasteiger charge is -1.97. The van der Waals surface area contributed by atoms with Crippen molar-refractivity contribution in [2.75, 3.05) is 0 Å². The van der Waals surface area contributed by atoms with Gasteiger partial charge in [0.05, 0.1) is 11.0 Å². The minimum Gasteiger partial charge on any atom is -0.449 e. The number of aromatic amines is 1. The number of imidazole rings is 1. The zero-order valence-corrected chi connectivity index (χ0v) is 10.0. The van der Waals surface area contributed by atoms with E-state index < -0.39 is 12.1 Å². The van der Waals surface area contributed by atoms with Crippen molar-refractivity contribution < 1.29 is 19.0 Å². The SMILES string of the molecule is O=C(O)Oc1ccc2[nH]c(-c3ccnc(F)c3)nc2c1. The van der Waals surface area contributed by atoms with Gasteiger partial charge in [0, 0.05) is 23.9 Å². The number of H-pyrrole nitrogens is 1. The number of carbonyl (C=O) groups is 1. The van der Waals surface area contributed by atoms with Crippen LogP contribution in [0.5, 0.6) is 5.75 Å². The lowest BCUT2D eigenvalue weighted by Crippen LogP contribution is -2.02. The van der Waals surface area contributed by atoms with Crippen molar-refractivity contribution in [2.45, 2.75) is 0 Å². The van der Waals surface area contributed by atoms with Crippen LogP contribution in [0.1, 0.15) is 0 Å². The summed E-state index contributed by atoms with van der Waals surface area (Å²) in [5, 5.41) is 8.55. The number of ether oxygens (including phenoxy) is 1. The van der Waals surface area contributed by atoms with Gasteiger partial charge in [0.15, 0.2) is 0 Å². The highest BCUT2D eigenvalue weighted by Gasteiger charge is 2.08. The first-order chi connectivity index (χ1) is 9.61. The Bertz CT molecular complexity index is 800. The number of hydrogen-bond donors (Lipinski definition) is 2. The third kappa shape index (κ3) is 2.28. The fourth-order valence-electron chi connectivity index (χ4n) is 1.84. The summed E-state index contributed by atoms with van der Waals surface area (Å²) in [6.45, 7) is 0. The molecule has 0 atom stereocenters. The fraction of sp³-hybridized carbons (Fsp3) is 0. The van der Waals surface area contributed by atoms with Crippen LogP contribution >= 0.6 is 0 Å². The number of halogens is 1. The van der Waals surface area contributed by atoms with Crippen LogP contribution < -0.4 is 4.74 Å². The average molecular weight is 273 g/mol. The van der Waals surface area contributed by atoms with Gasteiger partial charge in [0.2, 0.25) is 5.95 Å². The van der Waals surface area contributed by atoms with Crippen LogP contribution in [0.15, 0.2) is 36.5 Å². The Morgan fingerprint density at radius 1 is 1.30 bits per heavy atom. The fourth-order valence-corrected chi connectivity index (χ4v) is 1.84. The van der Waals surface area contributed by atoms with Gasteiger partial charge < -0.3 is 14.8 Å². The molecular weight excluding hydrogens is 265 g/mol. The minimum absolute atomic E-state index is 0.170. The number of benzene rings is 1. The highest BCUT2D eigenvalue weighted by Crippen LogP contribution is 2.23. The summed E-state index contributed by atoms with van der Waals surface area (Å²) in [6, 6.07) is 7.51. The standard InChI is InChI=1S/C13H8FN3O3/c14-11-5-7(3-4-15-11)12-16-9-2-1-8(20-13(18)19)6-10(9)17-12/h1-6H,(H,16,17)(H,18,19). The van der Waals surface area contributed by atoms with E-state index in [9.17, 15) is 9.18 Å². The van der Waals surface area contributed by atoms with E-state index in [0.29, 0.717) is 22.4 Å². The van der Waals surface area contributed by atoms with E-state index in [4.69, 9.17) is 5.11 Å². The topological polar surface area (TPSA) is 88.1 Å². The summed E-state index contributed by atoms with van der Waals surface area (Å²) >= 11 is 0. The van der Waals surface area contributed by atoms with Crippen molar-refractivity contribution in [2.24, 2.45) is 0 Å². The summed E-state index contributed by atoms with van der Waals surface area (Å²) in [4.78, 5) is 21.2. The number of pyridine rings is 1. The molecule has 0 radical (unpaired) electrons. The van der Waals surface area contributed by atoms with E-state index >= 15 is 0 Å². The molecule has 3 rings (SSSR count). The number of rotatable bonds is 2. The molecule has 2 aromatic heterocycles. The molecule has 0 fully saturated rings. The van der Waals surface area contributed by atoms with Crippen molar-refractivity contribution in [3.8, 4) is 17.1 Å². The van der Waals surface area contributed by atoms with Gasteiger partial charge in [-0.15, -0.1) is 0 Å². The molecule has 2 N–H and O–H groups in total. The molecule has 20 heavy (non-hydrogen) atoms. The maximum Gasteiger partial charge on any atom is 0.511 e. The van der Waals surface area contributed by atoms with E-state index in [-0.39, 0.29) is 5.75 Å². The maximum atomic E-state index is 13.1. The van der Waals surface area contributed by atoms with Crippen LogP contribution in [0, 0.1) is 5.95 Å². The highest BCUT2D eigenvalue weighted by molar-refractivity contribution is 5.81. The second-order valence-electron chi connectivity index (χ2n) is 4.00. The molecule has 2 heterocycles. The first-order valence-corrected chi connectivity index (χ1v) is 5.64. The summed E-state index contributed by atoms with van der Waals surface area (Å²) < 4.78 is 17.6. The molecule has 0 spiro atoms. The van der Waals surface area contributed by atoms with E-state index in [1.54, 1.807) is 12.1 Å². The van der Waals surface area contributed by atoms with Crippen LogP contribution in [0.2, 0.25) is 0 Å². The van der Waals surface area contributed by atoms with Crippen molar-refractivity contribution in [1.29, 1.82) is 0 Å². The Morgan fingerprint density at radius 2 is 2.15 bits per heavy atom. The van der Waals surface area contributed by atoms with Crippen LogP contribution in [0.4, 0.5) is 9.18 Å². The molecule has 100 valence electrons. The molecular formula is C13H8FN3O3. The monoisotopic (exact) mass is 273 g/mol. The van der Waals surface area contributed by atoms with Crippen molar-refractivity contribution >= 4 is 17.2 Å². The van der Waals surface area contributed by atoms with Crippen molar-refractivity contribution in [3.05, 3.63) is 42.5 Å². The Labute approximate surface area is 111 Å². The van der Waals surface area contributed by atoms with Crippen molar-refractivity contribution in [3.63, 3.8) is 0 Å². The molecule has 1 aromatic carbocycles. The molecule has 0 aliphatic carbocycles. The predicted octanol–water partition coefficient (Wildman–Crippen LogP) is 2.82. The van der Waals surface area contributed by atoms with Gasteiger partial charge in [-0.1, -0.05) is 0 Å². The molecule has 0 bridgehead atoms. The van der Waals surface area contributed by atoms with Crippen LogP contribution in [0.3, 0.4) is 0 Å². The van der Waals surface area contributed by atoms with Gasteiger partial charge in [-0.05, 0) is 18.2 Å². The first kappa shape index (κ1) is 12.1. The molecule has 0 saturated heterocycles. The third-order valence-electron chi connectivity index (χ3n) is 2.66. The number of fused-ring (bicyclic) bond motifs is 1. The number of carboxylic acid groups (broad SMARTS) is 1. The molecule has 0 unspecified atom stereocenters. The first-order valence-electron chi connectivity index (χ1n) is 5.64. The van der Waals surface area contributed by atoms with E-state index in [0.717, 1.165) is 0 Å². The largest absolute Gasteiger partial charge is 0.511 e. The van der Waals surface area contributed by atoms with Gasteiger partial charge in [-0.2, -0.15) is 4.39 Å². The second-order valence-corrected chi connectivity index (χ2v) is 4.00. The predicted molar refractivity (Wildman–Crippen MR) is 67.9 cm³/mol. The van der Waals surface area contributed by atoms with Crippen LogP contribution in [-0.2, 0) is 0 Å². The second kappa shape index (κ2) is 4.61. The Hall–Kier alpha value is -2.96. The van der Waals surface area contributed by atoms with E-state index in [1.807, 2.05) is 0 Å². The third-order valence-corrected chi connectivity index (χ3v) is 2.66. The molecule has 0 aliphatic heterocycles. The summed E-state index contributed by atoms with van der Waals surface area (Å²) in [6.07, 6.45) is -0.0482. The number of hydrogen-bond acceptors (Lipinski definition) is 4. The highest BCUT2D eigenvalue weighted by atomic mass is 19.1. The zero-order chi connectivity index (χ0) is 14.1.